The van der Waals surface area contributed by atoms with Crippen molar-refractivity contribution >= 4 is 51.9 Å². The van der Waals surface area contributed by atoms with Crippen LogP contribution in [0.15, 0.2) is 66.1 Å². The Labute approximate surface area is 167 Å². The standard InChI is InChI=1S/C20H16ClNO2S2/c1-2-10-22-19(23)18(26-20(22)25)12-14-6-5-8-16(11-14)24-13-15-7-3-4-9-17(15)21/h2-9,11-12H,1,10,13H2/b18-12+. The summed E-state index contributed by atoms with van der Waals surface area (Å²) >= 11 is 12.7. The fourth-order valence-electron chi connectivity index (χ4n) is 2.41. The van der Waals surface area contributed by atoms with Crippen molar-refractivity contribution < 1.29 is 9.53 Å². The summed E-state index contributed by atoms with van der Waals surface area (Å²) in [4.78, 5) is 14.5. The Morgan fingerprint density at radius 3 is 2.81 bits per heavy atom. The van der Waals surface area contributed by atoms with E-state index in [9.17, 15) is 4.79 Å². The molecule has 0 aliphatic carbocycles. The highest BCUT2D eigenvalue weighted by molar-refractivity contribution is 8.26. The van der Waals surface area contributed by atoms with Crippen LogP contribution in [0.3, 0.4) is 0 Å². The third-order valence-electron chi connectivity index (χ3n) is 3.69. The number of halogens is 1. The molecule has 132 valence electrons. The van der Waals surface area contributed by atoms with Gasteiger partial charge in [-0.2, -0.15) is 0 Å². The highest BCUT2D eigenvalue weighted by Crippen LogP contribution is 2.32. The van der Waals surface area contributed by atoms with Gasteiger partial charge in [0.05, 0.1) is 4.91 Å². The maximum absolute atomic E-state index is 12.4. The van der Waals surface area contributed by atoms with Crippen LogP contribution in [-0.4, -0.2) is 21.7 Å². The van der Waals surface area contributed by atoms with E-state index in [-0.39, 0.29) is 5.91 Å². The molecule has 0 unspecified atom stereocenters. The van der Waals surface area contributed by atoms with Crippen LogP contribution in [0.5, 0.6) is 5.75 Å². The first kappa shape index (κ1) is 18.7. The van der Waals surface area contributed by atoms with Gasteiger partial charge in [-0.05, 0) is 29.8 Å². The fourth-order valence-corrected chi connectivity index (χ4v) is 3.87. The number of nitrogens with zero attached hydrogens (tertiary/aromatic N) is 1. The van der Waals surface area contributed by atoms with Crippen LogP contribution in [0.25, 0.3) is 6.08 Å². The summed E-state index contributed by atoms with van der Waals surface area (Å²) in [6, 6.07) is 15.1. The van der Waals surface area contributed by atoms with Crippen molar-refractivity contribution in [1.82, 2.24) is 4.90 Å². The van der Waals surface area contributed by atoms with Crippen molar-refractivity contribution in [3.63, 3.8) is 0 Å². The van der Waals surface area contributed by atoms with Gasteiger partial charge in [-0.25, -0.2) is 0 Å². The van der Waals surface area contributed by atoms with Crippen molar-refractivity contribution in [3.05, 3.63) is 82.2 Å². The smallest absolute Gasteiger partial charge is 0.266 e. The van der Waals surface area contributed by atoms with Gasteiger partial charge in [-0.15, -0.1) is 6.58 Å². The summed E-state index contributed by atoms with van der Waals surface area (Å²) < 4.78 is 6.38. The molecule has 0 atom stereocenters. The number of hydrogen-bond acceptors (Lipinski definition) is 4. The Morgan fingerprint density at radius 1 is 1.23 bits per heavy atom. The summed E-state index contributed by atoms with van der Waals surface area (Å²) in [5.74, 6) is 0.613. The van der Waals surface area contributed by atoms with E-state index in [0.717, 1.165) is 11.1 Å². The molecule has 3 nitrogen and oxygen atoms in total. The molecule has 1 amide bonds. The highest BCUT2D eigenvalue weighted by atomic mass is 35.5. The number of thiocarbonyl (C=S) groups is 1. The van der Waals surface area contributed by atoms with Crippen molar-refractivity contribution in [2.24, 2.45) is 0 Å². The van der Waals surface area contributed by atoms with Gasteiger partial charge in [-0.3, -0.25) is 9.69 Å². The summed E-state index contributed by atoms with van der Waals surface area (Å²) in [5.41, 5.74) is 1.80. The van der Waals surface area contributed by atoms with Crippen LogP contribution in [0, 0.1) is 0 Å². The van der Waals surface area contributed by atoms with Crippen LogP contribution in [0.1, 0.15) is 11.1 Å². The molecule has 1 fully saturated rings. The molecule has 0 N–H and O–H groups in total. The first-order valence-electron chi connectivity index (χ1n) is 7.91. The second-order valence-corrected chi connectivity index (χ2v) is 7.62. The zero-order valence-electron chi connectivity index (χ0n) is 13.9. The minimum atomic E-state index is -0.0951. The molecule has 2 aromatic carbocycles. The number of benzene rings is 2. The third-order valence-corrected chi connectivity index (χ3v) is 5.44. The number of ether oxygens (including phenoxy) is 1. The number of thioether (sulfide) groups is 1. The summed E-state index contributed by atoms with van der Waals surface area (Å²) in [5, 5.41) is 0.676. The minimum absolute atomic E-state index is 0.0951. The molecule has 0 saturated carbocycles. The van der Waals surface area contributed by atoms with Gasteiger partial charge in [0.1, 0.15) is 16.7 Å². The normalized spacial score (nSPS) is 15.6. The van der Waals surface area contributed by atoms with Gasteiger partial charge in [0.15, 0.2) is 0 Å². The lowest BCUT2D eigenvalue weighted by atomic mass is 10.2. The Morgan fingerprint density at radius 2 is 2.04 bits per heavy atom. The molecule has 0 aromatic heterocycles. The van der Waals surface area contributed by atoms with E-state index in [1.807, 2.05) is 54.6 Å². The molecule has 6 heteroatoms. The maximum atomic E-state index is 12.4. The van der Waals surface area contributed by atoms with E-state index in [1.54, 1.807) is 6.08 Å². The SMILES string of the molecule is C=CCN1C(=O)/C(=C\c2cccc(OCc3ccccc3Cl)c2)SC1=S. The molecular formula is C20H16ClNO2S2. The lowest BCUT2D eigenvalue weighted by Crippen LogP contribution is -2.27. The summed E-state index contributed by atoms with van der Waals surface area (Å²) in [7, 11) is 0. The monoisotopic (exact) mass is 401 g/mol. The first-order valence-corrected chi connectivity index (χ1v) is 9.51. The molecule has 0 spiro atoms. The van der Waals surface area contributed by atoms with Gasteiger partial charge in [-0.1, -0.05) is 72.0 Å². The second-order valence-electron chi connectivity index (χ2n) is 5.53. The molecule has 3 rings (SSSR count). The van der Waals surface area contributed by atoms with Crippen LogP contribution in [-0.2, 0) is 11.4 Å². The Bertz CT molecular complexity index is 895. The molecule has 1 aliphatic heterocycles. The maximum Gasteiger partial charge on any atom is 0.266 e. The number of carbonyl (C=O) groups excluding carboxylic acids is 1. The molecular weight excluding hydrogens is 386 g/mol. The molecule has 1 saturated heterocycles. The van der Waals surface area contributed by atoms with Crippen LogP contribution in [0.2, 0.25) is 5.02 Å². The van der Waals surface area contributed by atoms with E-state index in [4.69, 9.17) is 28.6 Å². The minimum Gasteiger partial charge on any atom is -0.489 e. The second kappa shape index (κ2) is 8.54. The average molecular weight is 402 g/mol. The summed E-state index contributed by atoms with van der Waals surface area (Å²) in [6.07, 6.45) is 3.49. The van der Waals surface area contributed by atoms with Crippen LogP contribution >= 0.6 is 35.6 Å². The number of carbonyl (C=O) groups is 1. The highest BCUT2D eigenvalue weighted by Gasteiger charge is 2.30. The third kappa shape index (κ3) is 4.36. The molecule has 26 heavy (non-hydrogen) atoms. The number of amides is 1. The van der Waals surface area contributed by atoms with Crippen LogP contribution < -0.4 is 4.74 Å². The van der Waals surface area contributed by atoms with Crippen LogP contribution in [0.4, 0.5) is 0 Å². The Hall–Kier alpha value is -2.08. The zero-order valence-corrected chi connectivity index (χ0v) is 16.2. The first-order chi connectivity index (χ1) is 12.6. The van der Waals surface area contributed by atoms with Crippen molar-refractivity contribution in [1.29, 1.82) is 0 Å². The van der Waals surface area contributed by atoms with Gasteiger partial charge in [0, 0.05) is 17.1 Å². The van der Waals surface area contributed by atoms with Gasteiger partial charge in [0.2, 0.25) is 0 Å². The zero-order chi connectivity index (χ0) is 18.5. The fraction of sp³-hybridized carbons (Fsp3) is 0.100. The Kier molecular flexibility index (Phi) is 6.14. The topological polar surface area (TPSA) is 29.5 Å². The Balaban J connectivity index is 1.73. The van der Waals surface area contributed by atoms with Crippen molar-refractivity contribution in [2.75, 3.05) is 6.54 Å². The van der Waals surface area contributed by atoms with Crippen molar-refractivity contribution in [3.8, 4) is 5.75 Å². The van der Waals surface area contributed by atoms with Gasteiger partial charge >= 0.3 is 0 Å². The van der Waals surface area contributed by atoms with E-state index in [1.165, 1.54) is 16.7 Å². The van der Waals surface area contributed by atoms with Gasteiger partial charge in [0.25, 0.3) is 5.91 Å². The quantitative estimate of drug-likeness (QED) is 0.373. The molecule has 1 heterocycles. The average Bonchev–Trinajstić information content (AvgIpc) is 2.89. The molecule has 0 radical (unpaired) electrons. The predicted molar refractivity (Wildman–Crippen MR) is 112 cm³/mol. The largest absolute Gasteiger partial charge is 0.489 e. The van der Waals surface area contributed by atoms with Gasteiger partial charge < -0.3 is 4.74 Å². The lowest BCUT2D eigenvalue weighted by Gasteiger charge is -2.10. The molecule has 1 aliphatic rings. The van der Waals surface area contributed by atoms with E-state index in [2.05, 4.69) is 6.58 Å². The van der Waals surface area contributed by atoms with E-state index >= 15 is 0 Å². The molecule has 0 bridgehead atoms. The van der Waals surface area contributed by atoms with Crippen molar-refractivity contribution in [2.45, 2.75) is 6.61 Å². The lowest BCUT2D eigenvalue weighted by molar-refractivity contribution is -0.121. The number of rotatable bonds is 6. The molecule has 2 aromatic rings. The summed E-state index contributed by atoms with van der Waals surface area (Å²) in [6.45, 7) is 4.46. The van der Waals surface area contributed by atoms with E-state index < -0.39 is 0 Å². The van der Waals surface area contributed by atoms with E-state index in [0.29, 0.717) is 33.1 Å². The number of hydrogen-bond donors (Lipinski definition) is 0. The predicted octanol–water partition coefficient (Wildman–Crippen LogP) is 5.31.